The maximum Gasteiger partial charge on any atom is 0.326 e. The van der Waals surface area contributed by atoms with Gasteiger partial charge in [0.05, 0.1) is 13.0 Å². The smallest absolute Gasteiger partial charge is 0.326 e. The zero-order valence-electron chi connectivity index (χ0n) is 9.58. The highest BCUT2D eigenvalue weighted by atomic mass is 16.4. The van der Waals surface area contributed by atoms with E-state index in [4.69, 9.17) is 10.2 Å². The predicted molar refractivity (Wildman–Crippen MR) is 56.9 cm³/mol. The molecule has 0 aromatic carbocycles. The lowest BCUT2D eigenvalue weighted by Crippen LogP contribution is -2.47. The summed E-state index contributed by atoms with van der Waals surface area (Å²) in [5, 5.41) is 21.3. The van der Waals surface area contributed by atoms with E-state index in [1.165, 1.54) is 0 Å². The number of imide groups is 1. The number of rotatable bonds is 6. The van der Waals surface area contributed by atoms with Crippen molar-refractivity contribution in [2.45, 2.75) is 12.5 Å². The second-order valence-corrected chi connectivity index (χ2v) is 3.69. The summed E-state index contributed by atoms with van der Waals surface area (Å²) in [6.07, 6.45) is -0.804. The standard InChI is InChI=1S/C9H11N3O7/c13-5(3-12-6(14)2-10-9(12)19)11-4(8(17)18)1-7(15)16/h4H,1-3H2,(H,10,19)(H,11,13)(H,15,16)(H,17,18)/t4-/m1/s1. The quantitative estimate of drug-likeness (QED) is 0.393. The molecule has 104 valence electrons. The Morgan fingerprint density at radius 1 is 1.32 bits per heavy atom. The van der Waals surface area contributed by atoms with Gasteiger partial charge in [0.15, 0.2) is 0 Å². The van der Waals surface area contributed by atoms with Crippen molar-refractivity contribution in [1.82, 2.24) is 15.5 Å². The molecular weight excluding hydrogens is 262 g/mol. The lowest BCUT2D eigenvalue weighted by Gasteiger charge is -2.15. The van der Waals surface area contributed by atoms with Gasteiger partial charge in [-0.1, -0.05) is 0 Å². The van der Waals surface area contributed by atoms with Crippen LogP contribution in [0.5, 0.6) is 0 Å². The molecular formula is C9H11N3O7. The van der Waals surface area contributed by atoms with Crippen molar-refractivity contribution >= 4 is 29.8 Å². The Labute approximate surface area is 106 Å². The summed E-state index contributed by atoms with van der Waals surface area (Å²) in [4.78, 5) is 55.4. The van der Waals surface area contributed by atoms with E-state index in [0.29, 0.717) is 4.90 Å². The molecule has 0 aromatic heterocycles. The third-order valence-corrected chi connectivity index (χ3v) is 2.25. The van der Waals surface area contributed by atoms with Crippen LogP contribution in [0.25, 0.3) is 0 Å². The maximum atomic E-state index is 11.4. The molecule has 1 fully saturated rings. The number of nitrogens with zero attached hydrogens (tertiary/aromatic N) is 1. The molecule has 0 unspecified atom stereocenters. The molecule has 0 spiro atoms. The summed E-state index contributed by atoms with van der Waals surface area (Å²) >= 11 is 0. The molecule has 1 heterocycles. The molecule has 10 nitrogen and oxygen atoms in total. The van der Waals surface area contributed by atoms with E-state index in [1.807, 2.05) is 5.32 Å². The molecule has 0 aliphatic carbocycles. The van der Waals surface area contributed by atoms with Crippen molar-refractivity contribution in [1.29, 1.82) is 0 Å². The van der Waals surface area contributed by atoms with Gasteiger partial charge in [-0.3, -0.25) is 19.3 Å². The van der Waals surface area contributed by atoms with Crippen LogP contribution in [-0.4, -0.2) is 64.0 Å². The molecule has 1 aliphatic rings. The first-order chi connectivity index (χ1) is 8.81. The lowest BCUT2D eigenvalue weighted by atomic mass is 10.2. The summed E-state index contributed by atoms with van der Waals surface area (Å²) in [5.74, 6) is -4.47. The Balaban J connectivity index is 2.57. The first-order valence-electron chi connectivity index (χ1n) is 5.13. The second-order valence-electron chi connectivity index (χ2n) is 3.69. The minimum atomic E-state index is -1.62. The molecule has 4 amide bonds. The number of hydrogen-bond acceptors (Lipinski definition) is 5. The van der Waals surface area contributed by atoms with Gasteiger partial charge in [0.2, 0.25) is 5.91 Å². The van der Waals surface area contributed by atoms with E-state index in [2.05, 4.69) is 5.32 Å². The monoisotopic (exact) mass is 273 g/mol. The van der Waals surface area contributed by atoms with Gasteiger partial charge < -0.3 is 20.8 Å². The summed E-state index contributed by atoms with van der Waals surface area (Å²) in [6, 6.07) is -2.38. The molecule has 10 heteroatoms. The van der Waals surface area contributed by atoms with Crippen LogP contribution in [0.1, 0.15) is 6.42 Å². The number of urea groups is 1. The van der Waals surface area contributed by atoms with E-state index in [-0.39, 0.29) is 6.54 Å². The predicted octanol–water partition coefficient (Wildman–Crippen LogP) is -2.42. The molecule has 1 aliphatic heterocycles. The van der Waals surface area contributed by atoms with Crippen molar-refractivity contribution in [2.24, 2.45) is 0 Å². The fourth-order valence-electron chi connectivity index (χ4n) is 1.37. The molecule has 1 atom stereocenters. The molecule has 0 bridgehead atoms. The van der Waals surface area contributed by atoms with Gasteiger partial charge in [-0.05, 0) is 0 Å². The van der Waals surface area contributed by atoms with Crippen LogP contribution in [-0.2, 0) is 19.2 Å². The largest absolute Gasteiger partial charge is 0.481 e. The Morgan fingerprint density at radius 2 is 1.95 bits per heavy atom. The third kappa shape index (κ3) is 3.94. The number of carbonyl (C=O) groups is 5. The van der Waals surface area contributed by atoms with Gasteiger partial charge in [0, 0.05) is 0 Å². The van der Waals surface area contributed by atoms with Crippen molar-refractivity contribution < 1.29 is 34.2 Å². The number of hydrogen-bond donors (Lipinski definition) is 4. The zero-order chi connectivity index (χ0) is 14.6. The zero-order valence-corrected chi connectivity index (χ0v) is 9.58. The number of aliphatic carboxylic acids is 2. The molecule has 0 saturated carbocycles. The number of carboxylic acids is 2. The van der Waals surface area contributed by atoms with Gasteiger partial charge in [-0.15, -0.1) is 0 Å². The van der Waals surface area contributed by atoms with Crippen molar-refractivity contribution in [2.75, 3.05) is 13.1 Å². The Bertz CT molecular complexity index is 431. The highest BCUT2D eigenvalue weighted by molar-refractivity contribution is 6.04. The molecule has 4 N–H and O–H groups in total. The van der Waals surface area contributed by atoms with E-state index < -0.39 is 48.8 Å². The van der Waals surface area contributed by atoms with E-state index in [9.17, 15) is 24.0 Å². The fourth-order valence-corrected chi connectivity index (χ4v) is 1.37. The number of carbonyl (C=O) groups excluding carboxylic acids is 3. The van der Waals surface area contributed by atoms with Gasteiger partial charge in [0.1, 0.15) is 12.6 Å². The van der Waals surface area contributed by atoms with Crippen molar-refractivity contribution in [3.05, 3.63) is 0 Å². The molecule has 1 rings (SSSR count). The topological polar surface area (TPSA) is 153 Å². The number of nitrogens with one attached hydrogen (secondary N) is 2. The SMILES string of the molecule is O=C(O)C[C@@H](NC(=O)CN1C(=O)CNC1=O)C(=O)O. The van der Waals surface area contributed by atoms with Crippen LogP contribution >= 0.6 is 0 Å². The van der Waals surface area contributed by atoms with Crippen LogP contribution in [0, 0.1) is 0 Å². The first-order valence-corrected chi connectivity index (χ1v) is 5.13. The minimum Gasteiger partial charge on any atom is -0.481 e. The first kappa shape index (κ1) is 14.4. The van der Waals surface area contributed by atoms with Gasteiger partial charge in [0.25, 0.3) is 5.91 Å². The molecule has 19 heavy (non-hydrogen) atoms. The average molecular weight is 273 g/mol. The van der Waals surface area contributed by atoms with Crippen LogP contribution in [0.2, 0.25) is 0 Å². The Hall–Kier alpha value is -2.65. The van der Waals surface area contributed by atoms with Gasteiger partial charge >= 0.3 is 18.0 Å². The second kappa shape index (κ2) is 5.80. The number of carboxylic acid groups (broad SMARTS) is 2. The van der Waals surface area contributed by atoms with Crippen molar-refractivity contribution in [3.63, 3.8) is 0 Å². The molecule has 0 aromatic rings. The van der Waals surface area contributed by atoms with Gasteiger partial charge in [-0.25, -0.2) is 9.59 Å². The Morgan fingerprint density at radius 3 is 2.37 bits per heavy atom. The fraction of sp³-hybridized carbons (Fsp3) is 0.444. The summed E-state index contributed by atoms with van der Waals surface area (Å²) in [6.45, 7) is -0.891. The van der Waals surface area contributed by atoms with E-state index in [1.54, 1.807) is 0 Å². The van der Waals surface area contributed by atoms with Crippen LogP contribution in [0.4, 0.5) is 4.79 Å². The molecule has 1 saturated heterocycles. The van der Waals surface area contributed by atoms with Crippen LogP contribution < -0.4 is 10.6 Å². The summed E-state index contributed by atoms with van der Waals surface area (Å²) < 4.78 is 0. The van der Waals surface area contributed by atoms with Crippen LogP contribution in [0.15, 0.2) is 0 Å². The highest BCUT2D eigenvalue weighted by Crippen LogP contribution is 1.99. The Kier molecular flexibility index (Phi) is 4.40. The normalized spacial score (nSPS) is 15.9. The maximum absolute atomic E-state index is 11.4. The molecule has 0 radical (unpaired) electrons. The third-order valence-electron chi connectivity index (χ3n) is 2.25. The minimum absolute atomic E-state index is 0.233. The van der Waals surface area contributed by atoms with Crippen LogP contribution in [0.3, 0.4) is 0 Å². The number of amides is 4. The van der Waals surface area contributed by atoms with Crippen molar-refractivity contribution in [3.8, 4) is 0 Å². The summed E-state index contributed by atoms with van der Waals surface area (Å²) in [5.41, 5.74) is 0. The lowest BCUT2D eigenvalue weighted by molar-refractivity contribution is -0.147. The summed E-state index contributed by atoms with van der Waals surface area (Å²) in [7, 11) is 0. The average Bonchev–Trinajstić information content (AvgIpc) is 2.59. The van der Waals surface area contributed by atoms with Gasteiger partial charge in [-0.2, -0.15) is 0 Å². The van der Waals surface area contributed by atoms with E-state index >= 15 is 0 Å². The van der Waals surface area contributed by atoms with E-state index in [0.717, 1.165) is 0 Å². The highest BCUT2D eigenvalue weighted by Gasteiger charge is 2.31.